The minimum atomic E-state index is -4.76. The van der Waals surface area contributed by atoms with E-state index in [9.17, 15) is 14.0 Å². The van der Waals surface area contributed by atoms with Gasteiger partial charge in [0.2, 0.25) is 15.5 Å². The fraction of sp³-hybridized carbons (Fsp3) is 0. The molecular weight excluding hydrogens is 212 g/mol. The van der Waals surface area contributed by atoms with Crippen molar-refractivity contribution in [3.63, 3.8) is 0 Å². The number of rotatable bonds is 2. The molecule has 0 aromatic carbocycles. The van der Waals surface area contributed by atoms with Gasteiger partial charge in [0.25, 0.3) is 0 Å². The molecule has 0 aromatic heterocycles. The lowest BCUT2D eigenvalue weighted by Gasteiger charge is -2.17. The van der Waals surface area contributed by atoms with Crippen LogP contribution in [0.25, 0.3) is 0 Å². The van der Waals surface area contributed by atoms with Crippen molar-refractivity contribution in [1.29, 1.82) is 5.41 Å². The van der Waals surface area contributed by atoms with Crippen LogP contribution in [0.5, 0.6) is 0 Å². The van der Waals surface area contributed by atoms with Crippen LogP contribution in [0.15, 0.2) is 0 Å². The van der Waals surface area contributed by atoms with E-state index < -0.39 is 21.3 Å². The van der Waals surface area contributed by atoms with Gasteiger partial charge in [-0.25, -0.2) is 0 Å². The maximum Gasteiger partial charge on any atom is 0.235 e. The number of hydroxylamine groups is 2. The normalized spacial score (nSPS) is 10.9. The first-order valence-electron chi connectivity index (χ1n) is 2.28. The highest BCUT2D eigenvalue weighted by molar-refractivity contribution is 7.80. The predicted octanol–water partition coefficient (Wildman–Crippen LogP) is -4.75. The van der Waals surface area contributed by atoms with Crippen molar-refractivity contribution in [2.75, 3.05) is 0 Å². The molecule has 0 spiro atoms. The van der Waals surface area contributed by atoms with Crippen LogP contribution in [-0.2, 0) is 4.39 Å². The van der Waals surface area contributed by atoms with Crippen molar-refractivity contribution >= 4 is 23.3 Å². The zero-order chi connectivity index (χ0) is 9.94. The van der Waals surface area contributed by atoms with E-state index in [1.165, 1.54) is 0 Å². The summed E-state index contributed by atoms with van der Waals surface area (Å²) in [7, 11) is -4.76. The fourth-order valence-electron chi connectivity index (χ4n) is 0.274. The molecule has 5 N–H and O–H groups in total. The molecule has 0 radical (unpaired) electrons. The molecular formula is C2H5ClN4O4S. The molecule has 0 saturated heterocycles. The Labute approximate surface area is 74.5 Å². The molecule has 70 valence electrons. The number of hydrogen-bond acceptors (Lipinski definition) is 6. The summed E-state index contributed by atoms with van der Waals surface area (Å²) in [6.07, 6.45) is 0. The lowest BCUT2D eigenvalue weighted by Crippen LogP contribution is -2.65. The van der Waals surface area contributed by atoms with Crippen molar-refractivity contribution in [3.8, 4) is 0 Å². The van der Waals surface area contributed by atoms with Gasteiger partial charge in [-0.1, -0.05) is 0 Å². The molecule has 0 aliphatic carbocycles. The molecule has 0 aromatic rings. The van der Waals surface area contributed by atoms with Crippen LogP contribution < -0.4 is 25.4 Å². The maximum absolute atomic E-state index is 9.94. The summed E-state index contributed by atoms with van der Waals surface area (Å²) in [4.78, 5) is 0. The quantitative estimate of drug-likeness (QED) is 0.180. The smallest absolute Gasteiger partial charge is 0.235 e. The Morgan fingerprint density at radius 3 is 1.92 bits per heavy atom. The minimum absolute atomic E-state index is 0.000772. The summed E-state index contributed by atoms with van der Waals surface area (Å²) in [5.41, 5.74) is 9.60. The van der Waals surface area contributed by atoms with Gasteiger partial charge in [0.1, 0.15) is 10.2 Å². The highest BCUT2D eigenvalue weighted by Gasteiger charge is 2.30. The highest BCUT2D eigenvalue weighted by atomic mass is 35.7. The predicted molar refractivity (Wildman–Crippen MR) is 31.6 cm³/mol. The third-order valence-electron chi connectivity index (χ3n) is 0.572. The summed E-state index contributed by atoms with van der Waals surface area (Å²) < 4.78 is 33.4. The van der Waals surface area contributed by atoms with Crippen molar-refractivity contribution in [2.45, 2.75) is 0 Å². The van der Waals surface area contributed by atoms with Gasteiger partial charge in [-0.15, -0.1) is 0 Å². The lowest BCUT2D eigenvalue weighted by molar-refractivity contribution is -1.92. The molecule has 0 aliphatic rings. The molecule has 0 amide bonds. The Balaban J connectivity index is 4.35. The summed E-state index contributed by atoms with van der Waals surface area (Å²) in [5.74, 6) is -0.908. The topological polar surface area (TPSA) is 158 Å². The Hall–Kier alpha value is -0.710. The molecule has 0 atom stereocenters. The Morgan fingerprint density at radius 2 is 1.83 bits per heavy atom. The summed E-state index contributed by atoms with van der Waals surface area (Å²) in [5, 5.41) is 6.01. The highest BCUT2D eigenvalue weighted by Crippen LogP contribution is 1.96. The molecule has 0 heterocycles. The van der Waals surface area contributed by atoms with Crippen LogP contribution in [0.1, 0.15) is 0 Å². The van der Waals surface area contributed by atoms with Crippen LogP contribution in [0, 0.1) is 15.7 Å². The van der Waals surface area contributed by atoms with Crippen molar-refractivity contribution in [1.82, 2.24) is 5.06 Å². The van der Waals surface area contributed by atoms with Gasteiger partial charge in [0, 0.05) is 0 Å². The van der Waals surface area contributed by atoms with Crippen molar-refractivity contribution < 1.29 is 28.6 Å². The van der Waals surface area contributed by atoms with E-state index in [1.807, 2.05) is 0 Å². The molecule has 0 bridgehead atoms. The van der Waals surface area contributed by atoms with Gasteiger partial charge in [-0.2, -0.15) is 14.0 Å². The summed E-state index contributed by atoms with van der Waals surface area (Å²) in [6, 6.07) is 0. The molecule has 0 saturated carbocycles. The third kappa shape index (κ3) is 4.23. The van der Waals surface area contributed by atoms with E-state index in [0.29, 0.717) is 0 Å². The van der Waals surface area contributed by atoms with Crippen molar-refractivity contribution in [3.05, 3.63) is 0 Å². The van der Waals surface area contributed by atoms with Gasteiger partial charge in [0.15, 0.2) is 0 Å². The van der Waals surface area contributed by atoms with Gasteiger partial charge in [-0.3, -0.25) is 5.41 Å². The number of nitrogens with one attached hydrogen (secondary N) is 1. The average molecular weight is 217 g/mol. The van der Waals surface area contributed by atoms with Gasteiger partial charge >= 0.3 is 0 Å². The standard InChI is InChI=1S/C2H5ClN4O4S/c4-1(5)7(2(6)12)11-3(8,9)10/h(H3,4,5)(H2,6,12). The zero-order valence-corrected chi connectivity index (χ0v) is 7.09. The van der Waals surface area contributed by atoms with E-state index in [2.05, 4.69) is 16.6 Å². The summed E-state index contributed by atoms with van der Waals surface area (Å²) in [6.45, 7) is 0. The molecule has 12 heavy (non-hydrogen) atoms. The van der Waals surface area contributed by atoms with E-state index in [4.69, 9.17) is 16.9 Å². The minimum Gasteiger partial charge on any atom is -0.374 e. The average Bonchev–Trinajstić information content (AvgIpc) is 1.79. The summed E-state index contributed by atoms with van der Waals surface area (Å²) >= 11 is 4.21. The van der Waals surface area contributed by atoms with Gasteiger partial charge < -0.3 is 11.5 Å². The van der Waals surface area contributed by atoms with E-state index >= 15 is 0 Å². The molecule has 0 rings (SSSR count). The van der Waals surface area contributed by atoms with E-state index in [-0.39, 0.29) is 5.06 Å². The van der Waals surface area contributed by atoms with Crippen LogP contribution in [-0.4, -0.2) is 16.1 Å². The van der Waals surface area contributed by atoms with E-state index in [0.717, 1.165) is 0 Å². The van der Waals surface area contributed by atoms with Crippen molar-refractivity contribution in [2.24, 2.45) is 11.5 Å². The molecule has 0 fully saturated rings. The number of guanidine groups is 1. The van der Waals surface area contributed by atoms with Crippen LogP contribution in [0.2, 0.25) is 0 Å². The number of hydrogen-bond donors (Lipinski definition) is 3. The molecule has 8 nitrogen and oxygen atoms in total. The second-order valence-electron chi connectivity index (χ2n) is 1.46. The Bertz CT molecular complexity index is 190. The Morgan fingerprint density at radius 1 is 1.42 bits per heavy atom. The van der Waals surface area contributed by atoms with Crippen LogP contribution in [0.3, 0.4) is 0 Å². The monoisotopic (exact) mass is 216 g/mol. The number of nitrogens with zero attached hydrogens (tertiary/aromatic N) is 1. The van der Waals surface area contributed by atoms with Crippen LogP contribution >= 0.6 is 12.2 Å². The second kappa shape index (κ2) is 3.80. The maximum atomic E-state index is 9.94. The Kier molecular flexibility index (Phi) is 3.57. The van der Waals surface area contributed by atoms with E-state index in [1.54, 1.807) is 0 Å². The second-order valence-corrected chi connectivity index (χ2v) is 2.78. The third-order valence-corrected chi connectivity index (χ3v) is 1.05. The molecule has 10 heteroatoms. The SMILES string of the molecule is N=C(N)N(O[Cl+3]([O-])([O-])[O-])C(N)=S. The molecule has 0 aliphatic heterocycles. The largest absolute Gasteiger partial charge is 0.374 e. The number of nitrogens with two attached hydrogens (primary N) is 2. The number of halogens is 1. The molecule has 0 unspecified atom stereocenters. The first-order chi connectivity index (χ1) is 5.24. The fourth-order valence-corrected chi connectivity index (χ4v) is 0.769. The van der Waals surface area contributed by atoms with Crippen LogP contribution in [0.4, 0.5) is 0 Å². The first kappa shape index (κ1) is 11.3. The lowest BCUT2D eigenvalue weighted by atomic mass is 10.9. The zero-order valence-electron chi connectivity index (χ0n) is 5.52. The van der Waals surface area contributed by atoms with Gasteiger partial charge in [-0.05, 0) is 17.3 Å². The number of thiocarbonyl (C=S) groups is 1. The first-order valence-corrected chi connectivity index (χ1v) is 3.92. The van der Waals surface area contributed by atoms with Gasteiger partial charge in [0.05, 0.1) is 0 Å².